The van der Waals surface area contributed by atoms with E-state index in [0.717, 1.165) is 23.3 Å². The lowest BCUT2D eigenvalue weighted by atomic mass is 10.4. The molecular weight excluding hydrogens is 246 g/mol. The zero-order valence-electron chi connectivity index (χ0n) is 8.47. The molecule has 1 saturated carbocycles. The maximum atomic E-state index is 6.01. The first-order valence-electron chi connectivity index (χ1n) is 5.11. The van der Waals surface area contributed by atoms with E-state index in [9.17, 15) is 0 Å². The molecule has 16 heavy (non-hydrogen) atoms. The molecule has 0 aromatic carbocycles. The van der Waals surface area contributed by atoms with Crippen LogP contribution in [0.4, 0.5) is 5.82 Å². The predicted molar refractivity (Wildman–Crippen MR) is 62.8 cm³/mol. The van der Waals surface area contributed by atoms with Crippen LogP contribution in [0.5, 0.6) is 0 Å². The number of hydrogen-bond acceptors (Lipinski definition) is 5. The van der Waals surface area contributed by atoms with Crippen LogP contribution in [0.3, 0.4) is 0 Å². The molecule has 0 atom stereocenters. The predicted octanol–water partition coefficient (Wildman–Crippen LogP) is 2.95. The number of hydrogen-bond donors (Lipinski definition) is 0. The van der Waals surface area contributed by atoms with Gasteiger partial charge in [-0.05, 0) is 25.0 Å². The molecule has 84 valence electrons. The first-order valence-corrected chi connectivity index (χ1v) is 6.22. The molecule has 6 heteroatoms. The van der Waals surface area contributed by atoms with E-state index in [1.54, 1.807) is 6.26 Å². The summed E-state index contributed by atoms with van der Waals surface area (Å²) >= 11 is 7.16. The minimum atomic E-state index is 0.489. The summed E-state index contributed by atoms with van der Waals surface area (Å²) in [6.07, 6.45) is 4.06. The average Bonchev–Trinajstić information content (AvgIpc) is 2.82. The molecule has 2 aromatic heterocycles. The molecule has 0 bridgehead atoms. The lowest BCUT2D eigenvalue weighted by molar-refractivity contribution is 0.500. The van der Waals surface area contributed by atoms with Gasteiger partial charge in [0.1, 0.15) is 5.76 Å². The van der Waals surface area contributed by atoms with E-state index in [2.05, 4.69) is 13.6 Å². The van der Waals surface area contributed by atoms with Gasteiger partial charge in [-0.15, -0.1) is 0 Å². The van der Waals surface area contributed by atoms with Crippen molar-refractivity contribution in [3.63, 3.8) is 0 Å². The van der Waals surface area contributed by atoms with Crippen LogP contribution in [0.2, 0.25) is 5.15 Å². The quantitative estimate of drug-likeness (QED) is 0.842. The fourth-order valence-electron chi connectivity index (χ4n) is 1.68. The largest absolute Gasteiger partial charge is 0.467 e. The Labute approximate surface area is 102 Å². The highest BCUT2D eigenvalue weighted by Gasteiger charge is 2.32. The summed E-state index contributed by atoms with van der Waals surface area (Å²) in [4.78, 5) is 2.17. The zero-order chi connectivity index (χ0) is 11.0. The first-order chi connectivity index (χ1) is 7.84. The van der Waals surface area contributed by atoms with Crippen LogP contribution >= 0.6 is 23.3 Å². The van der Waals surface area contributed by atoms with Crippen LogP contribution in [-0.4, -0.2) is 14.8 Å². The number of rotatable bonds is 4. The molecule has 1 aliphatic rings. The second kappa shape index (κ2) is 4.07. The van der Waals surface area contributed by atoms with Crippen molar-refractivity contribution in [2.45, 2.75) is 25.4 Å². The van der Waals surface area contributed by atoms with Crippen molar-refractivity contribution in [2.75, 3.05) is 4.90 Å². The molecule has 0 aliphatic heterocycles. The fourth-order valence-corrected chi connectivity index (χ4v) is 2.43. The molecule has 2 aromatic rings. The lowest BCUT2D eigenvalue weighted by Gasteiger charge is -2.20. The van der Waals surface area contributed by atoms with Gasteiger partial charge in [-0.25, -0.2) is 0 Å². The summed E-state index contributed by atoms with van der Waals surface area (Å²) in [5.74, 6) is 1.71. The van der Waals surface area contributed by atoms with Crippen molar-refractivity contribution < 1.29 is 4.42 Å². The first kappa shape index (κ1) is 10.1. The molecule has 1 fully saturated rings. The van der Waals surface area contributed by atoms with Crippen LogP contribution in [0, 0.1) is 0 Å². The van der Waals surface area contributed by atoms with E-state index < -0.39 is 0 Å². The van der Waals surface area contributed by atoms with Crippen LogP contribution < -0.4 is 4.90 Å². The van der Waals surface area contributed by atoms with Gasteiger partial charge in [-0.1, -0.05) is 11.6 Å². The van der Waals surface area contributed by atoms with Crippen molar-refractivity contribution >= 4 is 29.1 Å². The summed E-state index contributed by atoms with van der Waals surface area (Å²) in [5.41, 5.74) is 0. The number of aromatic nitrogens is 2. The normalized spacial score (nSPS) is 15.3. The average molecular weight is 256 g/mol. The van der Waals surface area contributed by atoms with Crippen LogP contribution in [-0.2, 0) is 6.54 Å². The van der Waals surface area contributed by atoms with Crippen LogP contribution in [0.25, 0.3) is 0 Å². The second-order valence-corrected chi connectivity index (χ2v) is 4.70. The highest BCUT2D eigenvalue weighted by Crippen LogP contribution is 2.35. The highest BCUT2D eigenvalue weighted by molar-refractivity contribution is 6.99. The summed E-state index contributed by atoms with van der Waals surface area (Å²) in [6, 6.07) is 4.39. The minimum absolute atomic E-state index is 0.489. The molecule has 2 heterocycles. The van der Waals surface area contributed by atoms with Gasteiger partial charge in [0.15, 0.2) is 11.0 Å². The number of furan rings is 1. The molecule has 0 amide bonds. The van der Waals surface area contributed by atoms with Gasteiger partial charge in [0, 0.05) is 6.04 Å². The summed E-state index contributed by atoms with van der Waals surface area (Å²) < 4.78 is 13.6. The van der Waals surface area contributed by atoms with Gasteiger partial charge in [0.05, 0.1) is 24.5 Å². The van der Waals surface area contributed by atoms with Gasteiger partial charge in [0.2, 0.25) is 0 Å². The van der Waals surface area contributed by atoms with Crippen molar-refractivity contribution in [1.29, 1.82) is 0 Å². The highest BCUT2D eigenvalue weighted by atomic mass is 35.5. The SMILES string of the molecule is Clc1nsnc1N(Cc1ccco1)C1CC1. The Kier molecular flexibility index (Phi) is 2.57. The second-order valence-electron chi connectivity index (χ2n) is 3.82. The third-order valence-corrected chi connectivity index (χ3v) is 3.47. The minimum Gasteiger partial charge on any atom is -0.467 e. The molecule has 3 rings (SSSR count). The third kappa shape index (κ3) is 1.92. The molecule has 1 aliphatic carbocycles. The van der Waals surface area contributed by atoms with Gasteiger partial charge in [-0.2, -0.15) is 8.75 Å². The Morgan fingerprint density at radius 3 is 2.94 bits per heavy atom. The summed E-state index contributed by atoms with van der Waals surface area (Å²) in [6.45, 7) is 0.711. The van der Waals surface area contributed by atoms with E-state index >= 15 is 0 Å². The molecule has 4 nitrogen and oxygen atoms in total. The van der Waals surface area contributed by atoms with Gasteiger partial charge in [-0.3, -0.25) is 0 Å². The van der Waals surface area contributed by atoms with Crippen molar-refractivity contribution in [2.24, 2.45) is 0 Å². The van der Waals surface area contributed by atoms with Gasteiger partial charge < -0.3 is 9.32 Å². The van der Waals surface area contributed by atoms with E-state index in [0.29, 0.717) is 17.7 Å². The Morgan fingerprint density at radius 1 is 1.50 bits per heavy atom. The Balaban J connectivity index is 1.84. The molecule has 0 N–H and O–H groups in total. The number of anilines is 1. The van der Waals surface area contributed by atoms with Gasteiger partial charge in [0.25, 0.3) is 0 Å². The topological polar surface area (TPSA) is 42.2 Å². The van der Waals surface area contributed by atoms with Crippen LogP contribution in [0.15, 0.2) is 22.8 Å². The zero-order valence-corrected chi connectivity index (χ0v) is 10.0. The fraction of sp³-hybridized carbons (Fsp3) is 0.400. The van der Waals surface area contributed by atoms with E-state index in [1.807, 2.05) is 12.1 Å². The van der Waals surface area contributed by atoms with Gasteiger partial charge >= 0.3 is 0 Å². The van der Waals surface area contributed by atoms with Crippen molar-refractivity contribution in [3.05, 3.63) is 29.3 Å². The Bertz CT molecular complexity index is 466. The Hall–Kier alpha value is -1.07. The van der Waals surface area contributed by atoms with Crippen molar-refractivity contribution in [3.8, 4) is 0 Å². The van der Waals surface area contributed by atoms with E-state index in [-0.39, 0.29) is 0 Å². The maximum absolute atomic E-state index is 6.01. The summed E-state index contributed by atoms with van der Waals surface area (Å²) in [7, 11) is 0. The molecule has 0 radical (unpaired) electrons. The monoisotopic (exact) mass is 255 g/mol. The number of halogens is 1. The number of nitrogens with zero attached hydrogens (tertiary/aromatic N) is 3. The Morgan fingerprint density at radius 2 is 2.38 bits per heavy atom. The van der Waals surface area contributed by atoms with E-state index in [1.165, 1.54) is 12.8 Å². The molecule has 0 saturated heterocycles. The smallest absolute Gasteiger partial charge is 0.187 e. The van der Waals surface area contributed by atoms with Crippen molar-refractivity contribution in [1.82, 2.24) is 8.75 Å². The molecular formula is C10H10ClN3OS. The third-order valence-electron chi connectivity index (χ3n) is 2.60. The molecule has 0 spiro atoms. The standard InChI is InChI=1S/C10H10ClN3OS/c11-9-10(13-16-12-9)14(7-3-4-7)6-8-2-1-5-15-8/h1-2,5,7H,3-4,6H2. The summed E-state index contributed by atoms with van der Waals surface area (Å²) in [5, 5.41) is 0.489. The van der Waals surface area contributed by atoms with E-state index in [4.69, 9.17) is 16.0 Å². The van der Waals surface area contributed by atoms with Crippen LogP contribution in [0.1, 0.15) is 18.6 Å². The lowest BCUT2D eigenvalue weighted by Crippen LogP contribution is -2.25. The maximum Gasteiger partial charge on any atom is 0.187 e. The molecule has 0 unspecified atom stereocenters.